The summed E-state index contributed by atoms with van der Waals surface area (Å²) in [4.78, 5) is 30.9. The lowest BCUT2D eigenvalue weighted by Gasteiger charge is -2.31. The lowest BCUT2D eigenvalue weighted by Crippen LogP contribution is -2.41. The van der Waals surface area contributed by atoms with Crippen LogP contribution in [0.4, 0.5) is 5.82 Å². The standard InChI is InChI=1S/C22H26ClN3O3/c1-14-12-18(14)19-5-3-17(29-19)4-7-21(27)26-10-8-15(9-11-26)22(28)25-20-6-2-16(23)13-24-20/h2-3,5-6,13-15,18H,4,7-12H2,1H3,(H,24,25,28). The SMILES string of the molecule is CC1CC1c1ccc(CCC(=O)N2CCC(C(=O)Nc3ccc(Cl)cn3)CC2)o1. The number of rotatable bonds is 6. The highest BCUT2D eigenvalue weighted by atomic mass is 35.5. The number of piperidine rings is 1. The number of aryl methyl sites for hydroxylation is 1. The molecule has 2 aromatic rings. The van der Waals surface area contributed by atoms with Crippen molar-refractivity contribution in [2.24, 2.45) is 11.8 Å². The third-order valence-corrected chi connectivity index (χ3v) is 6.16. The summed E-state index contributed by atoms with van der Waals surface area (Å²) in [5.41, 5.74) is 0. The van der Waals surface area contributed by atoms with Crippen molar-refractivity contribution in [2.45, 2.75) is 44.9 Å². The van der Waals surface area contributed by atoms with Gasteiger partial charge in [-0.2, -0.15) is 0 Å². The minimum atomic E-state index is -0.107. The summed E-state index contributed by atoms with van der Waals surface area (Å²) < 4.78 is 5.89. The molecular formula is C22H26ClN3O3. The molecule has 2 amide bonds. The van der Waals surface area contributed by atoms with E-state index in [1.807, 2.05) is 17.0 Å². The third-order valence-electron chi connectivity index (χ3n) is 5.94. The molecular weight excluding hydrogens is 390 g/mol. The number of halogens is 1. The zero-order valence-corrected chi connectivity index (χ0v) is 17.3. The van der Waals surface area contributed by atoms with E-state index in [2.05, 4.69) is 17.2 Å². The highest BCUT2D eigenvalue weighted by Crippen LogP contribution is 2.47. The molecule has 0 spiro atoms. The van der Waals surface area contributed by atoms with Crippen LogP contribution >= 0.6 is 11.6 Å². The van der Waals surface area contributed by atoms with Crippen molar-refractivity contribution >= 4 is 29.2 Å². The molecule has 2 atom stereocenters. The fourth-order valence-corrected chi connectivity index (χ4v) is 4.02. The largest absolute Gasteiger partial charge is 0.466 e. The highest BCUT2D eigenvalue weighted by molar-refractivity contribution is 6.30. The number of likely N-dealkylation sites (tertiary alicyclic amines) is 1. The van der Waals surface area contributed by atoms with E-state index in [9.17, 15) is 9.59 Å². The van der Waals surface area contributed by atoms with Crippen LogP contribution in [0.1, 0.15) is 50.0 Å². The molecule has 6 nitrogen and oxygen atoms in total. The predicted molar refractivity (Wildman–Crippen MR) is 111 cm³/mol. The van der Waals surface area contributed by atoms with Gasteiger partial charge in [0, 0.05) is 44.0 Å². The molecule has 2 fully saturated rings. The maximum absolute atomic E-state index is 12.5. The van der Waals surface area contributed by atoms with Crippen molar-refractivity contribution in [3.05, 3.63) is 47.0 Å². The van der Waals surface area contributed by atoms with Gasteiger partial charge in [-0.15, -0.1) is 0 Å². The van der Waals surface area contributed by atoms with Crippen molar-refractivity contribution in [3.8, 4) is 0 Å². The molecule has 0 aromatic carbocycles. The molecule has 0 radical (unpaired) electrons. The molecule has 29 heavy (non-hydrogen) atoms. The second-order valence-corrected chi connectivity index (χ2v) is 8.57. The quantitative estimate of drug-likeness (QED) is 0.764. The van der Waals surface area contributed by atoms with Gasteiger partial charge in [-0.25, -0.2) is 4.98 Å². The molecule has 1 N–H and O–H groups in total. The third kappa shape index (κ3) is 4.99. The molecule has 2 unspecified atom stereocenters. The van der Waals surface area contributed by atoms with Crippen LogP contribution in [0, 0.1) is 11.8 Å². The first-order valence-electron chi connectivity index (χ1n) is 10.3. The minimum absolute atomic E-state index is 0.0515. The summed E-state index contributed by atoms with van der Waals surface area (Å²) in [6.45, 7) is 3.44. The maximum Gasteiger partial charge on any atom is 0.228 e. The highest BCUT2D eigenvalue weighted by Gasteiger charge is 2.36. The van der Waals surface area contributed by atoms with Crippen LogP contribution in [-0.2, 0) is 16.0 Å². The van der Waals surface area contributed by atoms with Gasteiger partial charge in [-0.1, -0.05) is 18.5 Å². The van der Waals surface area contributed by atoms with Gasteiger partial charge in [-0.05, 0) is 49.4 Å². The van der Waals surface area contributed by atoms with Crippen molar-refractivity contribution in [3.63, 3.8) is 0 Å². The summed E-state index contributed by atoms with van der Waals surface area (Å²) in [5.74, 6) is 3.68. The van der Waals surface area contributed by atoms with E-state index >= 15 is 0 Å². The normalized spacial score (nSPS) is 21.8. The van der Waals surface area contributed by atoms with Gasteiger partial charge in [0.05, 0.1) is 5.02 Å². The Kier molecular flexibility index (Phi) is 5.90. The van der Waals surface area contributed by atoms with Crippen LogP contribution in [0.2, 0.25) is 5.02 Å². The van der Waals surface area contributed by atoms with Gasteiger partial charge in [0.1, 0.15) is 17.3 Å². The van der Waals surface area contributed by atoms with E-state index in [0.29, 0.717) is 61.4 Å². The summed E-state index contributed by atoms with van der Waals surface area (Å²) >= 11 is 5.81. The molecule has 1 aliphatic heterocycles. The average molecular weight is 416 g/mol. The van der Waals surface area contributed by atoms with Crippen LogP contribution in [-0.4, -0.2) is 34.8 Å². The van der Waals surface area contributed by atoms with Crippen LogP contribution in [0.25, 0.3) is 0 Å². The number of hydrogen-bond acceptors (Lipinski definition) is 4. The smallest absolute Gasteiger partial charge is 0.228 e. The number of nitrogens with one attached hydrogen (secondary N) is 1. The topological polar surface area (TPSA) is 75.4 Å². The van der Waals surface area contributed by atoms with Gasteiger partial charge in [0.25, 0.3) is 0 Å². The minimum Gasteiger partial charge on any atom is -0.466 e. The lowest BCUT2D eigenvalue weighted by molar-refractivity contribution is -0.134. The molecule has 3 heterocycles. The van der Waals surface area contributed by atoms with Crippen molar-refractivity contribution in [2.75, 3.05) is 18.4 Å². The Morgan fingerprint density at radius 3 is 2.66 bits per heavy atom. The van der Waals surface area contributed by atoms with Gasteiger partial charge in [0.15, 0.2) is 0 Å². The van der Waals surface area contributed by atoms with Crippen molar-refractivity contribution in [1.29, 1.82) is 0 Å². The Labute approximate surface area is 175 Å². The van der Waals surface area contributed by atoms with E-state index < -0.39 is 0 Å². The van der Waals surface area contributed by atoms with Crippen molar-refractivity contribution in [1.82, 2.24) is 9.88 Å². The molecule has 0 bridgehead atoms. The molecule has 1 saturated carbocycles. The number of carbonyl (C=O) groups is 2. The summed E-state index contributed by atoms with van der Waals surface area (Å²) in [6.07, 6.45) is 5.10. The van der Waals surface area contributed by atoms with Crippen LogP contribution in [0.5, 0.6) is 0 Å². The van der Waals surface area contributed by atoms with E-state index in [1.165, 1.54) is 12.6 Å². The monoisotopic (exact) mass is 415 g/mol. The zero-order chi connectivity index (χ0) is 20.4. The van der Waals surface area contributed by atoms with Crippen LogP contribution in [0.15, 0.2) is 34.9 Å². The van der Waals surface area contributed by atoms with E-state index in [-0.39, 0.29) is 17.7 Å². The second-order valence-electron chi connectivity index (χ2n) is 8.13. The number of carbonyl (C=O) groups excluding carboxylic acids is 2. The number of pyridine rings is 1. The Balaban J connectivity index is 1.20. The molecule has 7 heteroatoms. The molecule has 1 aliphatic carbocycles. The van der Waals surface area contributed by atoms with E-state index in [1.54, 1.807) is 12.1 Å². The van der Waals surface area contributed by atoms with Gasteiger partial charge < -0.3 is 14.6 Å². The first-order chi connectivity index (χ1) is 14.0. The summed E-state index contributed by atoms with van der Waals surface area (Å²) in [6, 6.07) is 7.42. The molecule has 4 rings (SSSR count). The number of aromatic nitrogens is 1. The second kappa shape index (κ2) is 8.57. The predicted octanol–water partition coefficient (Wildman–Crippen LogP) is 4.26. The first kappa shape index (κ1) is 20.0. The average Bonchev–Trinajstić information content (AvgIpc) is 3.27. The van der Waals surface area contributed by atoms with Crippen LogP contribution < -0.4 is 5.32 Å². The maximum atomic E-state index is 12.5. The first-order valence-corrected chi connectivity index (χ1v) is 10.7. The van der Waals surface area contributed by atoms with Crippen molar-refractivity contribution < 1.29 is 14.0 Å². The molecule has 154 valence electrons. The van der Waals surface area contributed by atoms with E-state index in [0.717, 1.165) is 11.5 Å². The van der Waals surface area contributed by atoms with E-state index in [4.69, 9.17) is 16.0 Å². The van der Waals surface area contributed by atoms with Gasteiger partial charge in [-0.3, -0.25) is 9.59 Å². The number of amides is 2. The molecule has 2 aliphatic rings. The number of hydrogen-bond donors (Lipinski definition) is 1. The summed E-state index contributed by atoms with van der Waals surface area (Å²) in [7, 11) is 0. The Bertz CT molecular complexity index is 872. The van der Waals surface area contributed by atoms with Crippen LogP contribution in [0.3, 0.4) is 0 Å². The zero-order valence-electron chi connectivity index (χ0n) is 16.6. The molecule has 2 aromatic heterocycles. The lowest BCUT2D eigenvalue weighted by atomic mass is 9.95. The fourth-order valence-electron chi connectivity index (χ4n) is 3.90. The summed E-state index contributed by atoms with van der Waals surface area (Å²) in [5, 5.41) is 3.35. The molecule has 1 saturated heterocycles. The number of anilines is 1. The van der Waals surface area contributed by atoms with Gasteiger partial charge in [0.2, 0.25) is 11.8 Å². The van der Waals surface area contributed by atoms with Gasteiger partial charge >= 0.3 is 0 Å². The Hall–Kier alpha value is -2.34. The Morgan fingerprint density at radius 1 is 1.24 bits per heavy atom. The fraction of sp³-hybridized carbons (Fsp3) is 0.500. The number of nitrogens with zero attached hydrogens (tertiary/aromatic N) is 2. The number of furan rings is 1. The Morgan fingerprint density at radius 2 is 2.00 bits per heavy atom.